The molecule has 5 heteroatoms. The molecule has 0 saturated heterocycles. The van der Waals surface area contributed by atoms with Gasteiger partial charge in [0.05, 0.1) is 0 Å². The van der Waals surface area contributed by atoms with Crippen molar-refractivity contribution in [3.8, 4) is 0 Å². The zero-order valence-corrected chi connectivity index (χ0v) is 24.5. The Hall–Kier alpha value is -4.18. The van der Waals surface area contributed by atoms with Crippen molar-refractivity contribution in [1.29, 1.82) is 0 Å². The van der Waals surface area contributed by atoms with Crippen LogP contribution >= 0.6 is 0 Å². The zero-order valence-electron chi connectivity index (χ0n) is 23.4. The van der Waals surface area contributed by atoms with Gasteiger partial charge in [0, 0.05) is 22.8 Å². The zero-order chi connectivity index (χ0) is 27.5. The van der Waals surface area contributed by atoms with Crippen LogP contribution in [0.25, 0.3) is 10.6 Å². The number of benzene rings is 4. The van der Waals surface area contributed by atoms with Crippen LogP contribution in [-0.2, 0) is 23.5 Å². The molecule has 0 N–H and O–H groups in total. The Kier molecular flexibility index (Phi) is 11.7. The Balaban J connectivity index is 0.000000264. The van der Waals surface area contributed by atoms with Crippen molar-refractivity contribution in [3.63, 3.8) is 0 Å². The third kappa shape index (κ3) is 9.53. The molecule has 0 amide bonds. The predicted octanol–water partition coefficient (Wildman–Crippen LogP) is 10.7. The van der Waals surface area contributed by atoms with Gasteiger partial charge in [0.1, 0.15) is 0 Å². The fourth-order valence-corrected chi connectivity index (χ4v) is 4.23. The Morgan fingerprint density at radius 1 is 0.475 bits per heavy atom. The van der Waals surface area contributed by atoms with Crippen LogP contribution in [-0.4, -0.2) is 11.4 Å². The van der Waals surface area contributed by atoms with Crippen LogP contribution in [0.4, 0.5) is 22.7 Å². The van der Waals surface area contributed by atoms with E-state index in [0.717, 1.165) is 52.0 Å². The number of hydrogen-bond donors (Lipinski definition) is 0. The maximum atomic E-state index is 4.72. The van der Waals surface area contributed by atoms with Crippen molar-refractivity contribution < 1.29 is 17.1 Å². The molecule has 4 aromatic rings. The van der Waals surface area contributed by atoms with Crippen molar-refractivity contribution >= 4 is 34.2 Å². The molecule has 1 aliphatic heterocycles. The SMILES string of the molecule is CC1=Nc2ccccc2[N-]/C(C)=C\C(C)=Nc2ccccc2[N-]/C(C)=C\1.[Fe+2].c1ccc(Cc2ccccc2)cc1. The Morgan fingerprint density at radius 2 is 0.825 bits per heavy atom. The molecular formula is C35H34FeN4. The van der Waals surface area contributed by atoms with E-state index in [0.29, 0.717) is 0 Å². The summed E-state index contributed by atoms with van der Waals surface area (Å²) in [7, 11) is 0. The normalized spacial score (nSPS) is 15.5. The van der Waals surface area contributed by atoms with Gasteiger partial charge in [0.25, 0.3) is 0 Å². The summed E-state index contributed by atoms with van der Waals surface area (Å²) in [6.07, 6.45) is 4.97. The van der Waals surface area contributed by atoms with Gasteiger partial charge in [-0.05, 0) is 43.5 Å². The summed E-state index contributed by atoms with van der Waals surface area (Å²) in [6.45, 7) is 7.88. The first-order chi connectivity index (χ1) is 19.0. The molecule has 5 rings (SSSR count). The smallest absolute Gasteiger partial charge is 0.660 e. The van der Waals surface area contributed by atoms with Gasteiger partial charge in [-0.2, -0.15) is 11.4 Å². The number of fused-ring (bicyclic) bond motifs is 2. The van der Waals surface area contributed by atoms with Gasteiger partial charge in [-0.1, -0.05) is 123 Å². The molecule has 40 heavy (non-hydrogen) atoms. The first-order valence-corrected chi connectivity index (χ1v) is 13.1. The van der Waals surface area contributed by atoms with Gasteiger partial charge in [0.2, 0.25) is 0 Å². The summed E-state index contributed by atoms with van der Waals surface area (Å²) in [5, 5.41) is 9.43. The number of rotatable bonds is 2. The first kappa shape index (κ1) is 30.4. The van der Waals surface area contributed by atoms with E-state index in [1.807, 2.05) is 88.4 Å². The molecule has 0 atom stereocenters. The summed E-state index contributed by atoms with van der Waals surface area (Å²) in [6, 6.07) is 36.8. The van der Waals surface area contributed by atoms with Gasteiger partial charge >= 0.3 is 17.1 Å². The van der Waals surface area contributed by atoms with Crippen molar-refractivity contribution in [2.24, 2.45) is 9.98 Å². The molecule has 0 fully saturated rings. The summed E-state index contributed by atoms with van der Waals surface area (Å²) >= 11 is 0. The Morgan fingerprint density at radius 3 is 1.23 bits per heavy atom. The molecule has 0 spiro atoms. The monoisotopic (exact) mass is 566 g/mol. The molecule has 1 heterocycles. The fourth-order valence-electron chi connectivity index (χ4n) is 4.23. The van der Waals surface area contributed by atoms with E-state index in [1.54, 1.807) is 0 Å². The molecule has 0 bridgehead atoms. The molecule has 0 radical (unpaired) electrons. The van der Waals surface area contributed by atoms with Crippen molar-refractivity contribution in [2.75, 3.05) is 0 Å². The number of aliphatic imine (C=N–C) groups is 2. The largest absolute Gasteiger partial charge is 2.00 e. The van der Waals surface area contributed by atoms with Crippen LogP contribution in [0.1, 0.15) is 38.8 Å². The number of allylic oxidation sites excluding steroid dienone is 4. The summed E-state index contributed by atoms with van der Waals surface area (Å²) in [4.78, 5) is 9.43. The van der Waals surface area contributed by atoms with E-state index in [9.17, 15) is 0 Å². The average Bonchev–Trinajstić information content (AvgIpc) is 2.92. The molecule has 0 saturated carbocycles. The molecule has 0 aliphatic carbocycles. The van der Waals surface area contributed by atoms with Gasteiger partial charge in [0.15, 0.2) is 0 Å². The van der Waals surface area contributed by atoms with E-state index < -0.39 is 0 Å². The number of para-hydroxylation sites is 4. The third-order valence-corrected chi connectivity index (χ3v) is 5.88. The molecule has 202 valence electrons. The summed E-state index contributed by atoms with van der Waals surface area (Å²) in [5.74, 6) is 0. The molecule has 1 aliphatic rings. The standard InChI is InChI=1S/C22H22N4.C13H12.Fe/c1-15-13-16(2)24-21-11-7-8-12-22(21)26-18(4)14-17(3)25-20-10-6-5-9-19(20)23-15;1-3-7-12(8-4-1)11-13-9-5-2-6-10-13;/h5-14H,1-4H3;1-10H,11H2;/q-2;;+2/b15-13-,18-14-,24-16?,25-17?;;. The van der Waals surface area contributed by atoms with E-state index in [4.69, 9.17) is 20.6 Å². The van der Waals surface area contributed by atoms with Crippen molar-refractivity contribution in [2.45, 2.75) is 34.1 Å². The Labute approximate surface area is 249 Å². The van der Waals surface area contributed by atoms with Gasteiger partial charge in [-0.25, -0.2) is 0 Å². The summed E-state index contributed by atoms with van der Waals surface area (Å²) < 4.78 is 0. The van der Waals surface area contributed by atoms with Crippen LogP contribution in [0.2, 0.25) is 0 Å². The minimum Gasteiger partial charge on any atom is -0.660 e. The second-order valence-corrected chi connectivity index (χ2v) is 9.43. The maximum Gasteiger partial charge on any atom is 2.00 e. The average molecular weight is 567 g/mol. The minimum atomic E-state index is 0. The second kappa shape index (κ2) is 15.4. The maximum absolute atomic E-state index is 4.72. The van der Waals surface area contributed by atoms with E-state index in [1.165, 1.54) is 11.1 Å². The van der Waals surface area contributed by atoms with Gasteiger partial charge in [-0.3, -0.25) is 9.98 Å². The quantitative estimate of drug-likeness (QED) is 0.217. The number of nitrogens with zero attached hydrogens (tertiary/aromatic N) is 4. The van der Waals surface area contributed by atoms with Crippen LogP contribution in [0.3, 0.4) is 0 Å². The molecule has 4 aromatic carbocycles. The minimum absolute atomic E-state index is 0. The van der Waals surface area contributed by atoms with Crippen LogP contribution in [0.5, 0.6) is 0 Å². The van der Waals surface area contributed by atoms with E-state index in [2.05, 4.69) is 60.7 Å². The number of hydrogen-bond acceptors (Lipinski definition) is 2. The first-order valence-electron chi connectivity index (χ1n) is 13.1. The predicted molar refractivity (Wildman–Crippen MR) is 168 cm³/mol. The molecular weight excluding hydrogens is 532 g/mol. The van der Waals surface area contributed by atoms with Crippen molar-refractivity contribution in [1.82, 2.24) is 0 Å². The fraction of sp³-hybridized carbons (Fsp3) is 0.143. The van der Waals surface area contributed by atoms with Gasteiger partial charge < -0.3 is 10.6 Å². The Bertz CT molecular complexity index is 1390. The topological polar surface area (TPSA) is 52.9 Å². The van der Waals surface area contributed by atoms with E-state index in [-0.39, 0.29) is 17.1 Å². The van der Waals surface area contributed by atoms with Crippen LogP contribution in [0.15, 0.2) is 143 Å². The van der Waals surface area contributed by atoms with Gasteiger partial charge in [-0.15, -0.1) is 11.4 Å². The molecule has 0 aromatic heterocycles. The van der Waals surface area contributed by atoms with Crippen molar-refractivity contribution in [3.05, 3.63) is 155 Å². The van der Waals surface area contributed by atoms with Crippen LogP contribution in [0, 0.1) is 0 Å². The molecule has 4 nitrogen and oxygen atoms in total. The molecule has 0 unspecified atom stereocenters. The van der Waals surface area contributed by atoms with Crippen LogP contribution < -0.4 is 0 Å². The third-order valence-electron chi connectivity index (χ3n) is 5.88. The second-order valence-electron chi connectivity index (χ2n) is 9.43. The van der Waals surface area contributed by atoms with E-state index >= 15 is 0 Å². The summed E-state index contributed by atoms with van der Waals surface area (Å²) in [5.41, 5.74) is 9.62.